The van der Waals surface area contributed by atoms with Crippen LogP contribution in [-0.4, -0.2) is 23.8 Å². The molecule has 0 aliphatic rings. The van der Waals surface area contributed by atoms with Crippen LogP contribution in [0.5, 0.6) is 0 Å². The van der Waals surface area contributed by atoms with Gasteiger partial charge in [0.25, 0.3) is 0 Å². The molecular formula is C16H17N3O3. The molecule has 0 saturated carbocycles. The normalized spacial score (nSPS) is 10.6. The van der Waals surface area contributed by atoms with Gasteiger partial charge >= 0.3 is 0 Å². The Morgan fingerprint density at radius 3 is 2.23 bits per heavy atom. The molecule has 0 atom stereocenters. The van der Waals surface area contributed by atoms with Crippen LogP contribution in [0.3, 0.4) is 0 Å². The Kier molecular flexibility index (Phi) is 4.73. The Balaban J connectivity index is 1.97. The van der Waals surface area contributed by atoms with Gasteiger partial charge in [0.05, 0.1) is 0 Å². The molecule has 0 spiro atoms. The van der Waals surface area contributed by atoms with Gasteiger partial charge in [-0.25, -0.2) is 0 Å². The van der Waals surface area contributed by atoms with Gasteiger partial charge in [0, 0.05) is 6.42 Å². The van der Waals surface area contributed by atoms with E-state index in [9.17, 15) is 14.4 Å². The van der Waals surface area contributed by atoms with Crippen LogP contribution in [0.4, 0.5) is 0 Å². The highest BCUT2D eigenvalue weighted by Crippen LogP contribution is 2.16. The topological polar surface area (TPSA) is 115 Å². The van der Waals surface area contributed by atoms with Crippen molar-refractivity contribution in [1.82, 2.24) is 5.32 Å². The third-order valence-electron chi connectivity index (χ3n) is 3.33. The van der Waals surface area contributed by atoms with Crippen LogP contribution in [0, 0.1) is 0 Å². The lowest BCUT2D eigenvalue weighted by molar-refractivity contribution is -0.133. The number of carbonyl (C=O) groups is 3. The van der Waals surface area contributed by atoms with Gasteiger partial charge in [-0.1, -0.05) is 42.5 Å². The molecule has 0 heterocycles. The van der Waals surface area contributed by atoms with E-state index in [-0.39, 0.29) is 6.42 Å². The van der Waals surface area contributed by atoms with E-state index < -0.39 is 23.8 Å². The predicted molar refractivity (Wildman–Crippen MR) is 82.6 cm³/mol. The summed E-state index contributed by atoms with van der Waals surface area (Å²) < 4.78 is 0. The van der Waals surface area contributed by atoms with Crippen molar-refractivity contribution in [2.45, 2.75) is 18.9 Å². The number of primary amides is 2. The molecule has 5 N–H and O–H groups in total. The lowest BCUT2D eigenvalue weighted by Gasteiger charge is -2.11. The van der Waals surface area contributed by atoms with Crippen LogP contribution in [0.2, 0.25) is 0 Å². The van der Waals surface area contributed by atoms with E-state index in [1.54, 1.807) is 0 Å². The Morgan fingerprint density at radius 2 is 1.59 bits per heavy atom. The molecule has 0 fully saturated rings. The molecule has 0 aromatic heterocycles. The molecule has 0 bridgehead atoms. The quantitative estimate of drug-likeness (QED) is 0.663. The number of hydrogen-bond donors (Lipinski definition) is 3. The van der Waals surface area contributed by atoms with Crippen molar-refractivity contribution in [2.75, 3.05) is 0 Å². The maximum atomic E-state index is 11.8. The molecule has 2 rings (SSSR count). The molecule has 114 valence electrons. The summed E-state index contributed by atoms with van der Waals surface area (Å²) in [5.74, 6) is -2.38. The molecule has 6 nitrogen and oxygen atoms in total. The largest absolute Gasteiger partial charge is 0.367 e. The number of benzene rings is 2. The summed E-state index contributed by atoms with van der Waals surface area (Å²) in [5, 5.41) is 4.45. The van der Waals surface area contributed by atoms with E-state index >= 15 is 0 Å². The standard InChI is InChI=1S/C16H17N3O3/c17-15(21)14(16(18)22)19-13(20)8-6-10-5-7-11-3-1-2-4-12(11)9-10/h1-5,7,9,14H,6,8H2,(H2,17,21)(H2,18,22)(H,19,20). The summed E-state index contributed by atoms with van der Waals surface area (Å²) in [6.07, 6.45) is 0.621. The second kappa shape index (κ2) is 6.71. The summed E-state index contributed by atoms with van der Waals surface area (Å²) in [4.78, 5) is 33.8. The van der Waals surface area contributed by atoms with Gasteiger partial charge in [-0.3, -0.25) is 14.4 Å². The first-order valence-corrected chi connectivity index (χ1v) is 6.83. The van der Waals surface area contributed by atoms with Crippen LogP contribution in [-0.2, 0) is 20.8 Å². The third-order valence-corrected chi connectivity index (χ3v) is 3.33. The number of carbonyl (C=O) groups excluding carboxylic acids is 3. The highest BCUT2D eigenvalue weighted by atomic mass is 16.2. The SMILES string of the molecule is NC(=O)C(NC(=O)CCc1ccc2ccccc2c1)C(N)=O. The third kappa shape index (κ3) is 3.82. The zero-order chi connectivity index (χ0) is 16.1. The first kappa shape index (κ1) is 15.5. The first-order valence-electron chi connectivity index (χ1n) is 6.83. The number of nitrogens with one attached hydrogen (secondary N) is 1. The summed E-state index contributed by atoms with van der Waals surface area (Å²) >= 11 is 0. The van der Waals surface area contributed by atoms with Crippen LogP contribution in [0.15, 0.2) is 42.5 Å². The second-order valence-corrected chi connectivity index (χ2v) is 4.99. The molecule has 3 amide bonds. The minimum atomic E-state index is -1.47. The van der Waals surface area contributed by atoms with Crippen LogP contribution < -0.4 is 16.8 Å². The molecule has 2 aromatic rings. The summed E-state index contributed by atoms with van der Waals surface area (Å²) in [6, 6.07) is 12.4. The number of rotatable bonds is 6. The molecular weight excluding hydrogens is 282 g/mol. The van der Waals surface area contributed by atoms with Gasteiger partial charge in [-0.2, -0.15) is 0 Å². The second-order valence-electron chi connectivity index (χ2n) is 4.99. The van der Waals surface area contributed by atoms with E-state index in [0.29, 0.717) is 6.42 Å². The minimum absolute atomic E-state index is 0.134. The lowest BCUT2D eigenvalue weighted by atomic mass is 10.0. The van der Waals surface area contributed by atoms with Crippen LogP contribution in [0.25, 0.3) is 10.8 Å². The fourth-order valence-electron chi connectivity index (χ4n) is 2.17. The van der Waals surface area contributed by atoms with Crippen molar-refractivity contribution in [3.8, 4) is 0 Å². The van der Waals surface area contributed by atoms with E-state index in [1.165, 1.54) is 0 Å². The van der Waals surface area contributed by atoms with E-state index in [0.717, 1.165) is 16.3 Å². The minimum Gasteiger partial charge on any atom is -0.367 e. The van der Waals surface area contributed by atoms with E-state index in [2.05, 4.69) is 5.32 Å². The predicted octanol–water partition coefficient (Wildman–Crippen LogP) is 0.228. The number of fused-ring (bicyclic) bond motifs is 1. The zero-order valence-corrected chi connectivity index (χ0v) is 11.9. The van der Waals surface area contributed by atoms with E-state index in [1.807, 2.05) is 42.5 Å². The number of amides is 3. The van der Waals surface area contributed by atoms with Crippen molar-refractivity contribution in [1.29, 1.82) is 0 Å². The van der Waals surface area contributed by atoms with Crippen molar-refractivity contribution in [3.63, 3.8) is 0 Å². The van der Waals surface area contributed by atoms with Crippen molar-refractivity contribution >= 4 is 28.5 Å². The van der Waals surface area contributed by atoms with Gasteiger partial charge in [-0.05, 0) is 22.8 Å². The Hall–Kier alpha value is -2.89. The maximum absolute atomic E-state index is 11.8. The summed E-state index contributed by atoms with van der Waals surface area (Å²) in [7, 11) is 0. The van der Waals surface area contributed by atoms with Crippen molar-refractivity contribution in [3.05, 3.63) is 48.0 Å². The average molecular weight is 299 g/mol. The zero-order valence-electron chi connectivity index (χ0n) is 11.9. The Labute approximate surface area is 127 Å². The molecule has 6 heteroatoms. The molecule has 2 aromatic carbocycles. The Morgan fingerprint density at radius 1 is 0.955 bits per heavy atom. The van der Waals surface area contributed by atoms with Gasteiger partial charge in [0.15, 0.2) is 6.04 Å². The number of nitrogens with two attached hydrogens (primary N) is 2. The number of aryl methyl sites for hydroxylation is 1. The lowest BCUT2D eigenvalue weighted by Crippen LogP contribution is -2.52. The smallest absolute Gasteiger partial charge is 0.249 e. The van der Waals surface area contributed by atoms with Crippen molar-refractivity contribution < 1.29 is 14.4 Å². The summed E-state index contributed by atoms with van der Waals surface area (Å²) in [5.41, 5.74) is 11.0. The maximum Gasteiger partial charge on any atom is 0.249 e. The highest BCUT2D eigenvalue weighted by molar-refractivity contribution is 6.05. The van der Waals surface area contributed by atoms with Gasteiger partial charge in [-0.15, -0.1) is 0 Å². The fraction of sp³-hybridized carbons (Fsp3) is 0.188. The average Bonchev–Trinajstić information content (AvgIpc) is 2.49. The molecule has 0 unspecified atom stereocenters. The van der Waals surface area contributed by atoms with Crippen molar-refractivity contribution in [2.24, 2.45) is 11.5 Å². The van der Waals surface area contributed by atoms with Gasteiger partial charge < -0.3 is 16.8 Å². The monoisotopic (exact) mass is 299 g/mol. The Bertz CT molecular complexity index is 713. The van der Waals surface area contributed by atoms with Gasteiger partial charge in [0.1, 0.15) is 0 Å². The van der Waals surface area contributed by atoms with E-state index in [4.69, 9.17) is 11.5 Å². The van der Waals surface area contributed by atoms with Gasteiger partial charge in [0.2, 0.25) is 17.7 Å². The molecule has 0 radical (unpaired) electrons. The first-order chi connectivity index (χ1) is 10.5. The fourth-order valence-corrected chi connectivity index (χ4v) is 2.17. The molecule has 0 aliphatic heterocycles. The highest BCUT2D eigenvalue weighted by Gasteiger charge is 2.23. The van der Waals surface area contributed by atoms with Crippen LogP contribution in [0.1, 0.15) is 12.0 Å². The van der Waals surface area contributed by atoms with Crippen LogP contribution >= 0.6 is 0 Å². The summed E-state index contributed by atoms with van der Waals surface area (Å²) in [6.45, 7) is 0. The molecule has 22 heavy (non-hydrogen) atoms. The molecule has 0 saturated heterocycles. The number of hydrogen-bond acceptors (Lipinski definition) is 3. The molecule has 0 aliphatic carbocycles.